The van der Waals surface area contributed by atoms with E-state index in [0.717, 1.165) is 6.92 Å². The van der Waals surface area contributed by atoms with Crippen LogP contribution in [0.3, 0.4) is 0 Å². The van der Waals surface area contributed by atoms with Crippen LogP contribution in [0.1, 0.15) is 18.9 Å². The van der Waals surface area contributed by atoms with Gasteiger partial charge >= 0.3 is 6.18 Å². The molecule has 8 nitrogen and oxygen atoms in total. The summed E-state index contributed by atoms with van der Waals surface area (Å²) in [5.74, 6) is -1.80. The highest BCUT2D eigenvalue weighted by Gasteiger charge is 2.42. The van der Waals surface area contributed by atoms with Crippen LogP contribution in [0.25, 0.3) is 0 Å². The lowest BCUT2D eigenvalue weighted by molar-refractivity contribution is -0.133. The molecule has 168 valence electrons. The fourth-order valence-corrected chi connectivity index (χ4v) is 3.22. The van der Waals surface area contributed by atoms with Crippen LogP contribution < -0.4 is 4.74 Å². The zero-order chi connectivity index (χ0) is 23.2. The maximum atomic E-state index is 13.2. The minimum atomic E-state index is -4.91. The summed E-state index contributed by atoms with van der Waals surface area (Å²) in [6.45, 7) is 0.786. The number of aliphatic hydroxyl groups is 1. The Kier molecular flexibility index (Phi) is 7.92. The molecule has 2 rings (SSSR count). The van der Waals surface area contributed by atoms with Gasteiger partial charge in [-0.3, -0.25) is 19.9 Å². The first kappa shape index (κ1) is 24.1. The van der Waals surface area contributed by atoms with Crippen molar-refractivity contribution in [1.82, 2.24) is 9.80 Å². The molecule has 31 heavy (non-hydrogen) atoms. The Balaban J connectivity index is 2.04. The lowest BCUT2D eigenvalue weighted by atomic mass is 10.1. The van der Waals surface area contributed by atoms with Crippen molar-refractivity contribution in [1.29, 1.82) is 10.8 Å². The summed E-state index contributed by atoms with van der Waals surface area (Å²) in [4.78, 5) is 26.5. The number of allylic oxidation sites excluding steroid dienone is 1. The van der Waals surface area contributed by atoms with E-state index in [1.165, 1.54) is 4.90 Å². The third-order valence-electron chi connectivity index (χ3n) is 4.74. The Labute approximate surface area is 176 Å². The molecule has 1 aliphatic heterocycles. The van der Waals surface area contributed by atoms with Crippen molar-refractivity contribution in [3.8, 4) is 5.75 Å². The molecule has 1 aliphatic rings. The second-order valence-electron chi connectivity index (χ2n) is 6.86. The van der Waals surface area contributed by atoms with Crippen molar-refractivity contribution < 1.29 is 32.6 Å². The molecule has 1 aromatic rings. The number of likely N-dealkylation sites (tertiary alicyclic amines) is 1. The van der Waals surface area contributed by atoms with E-state index in [1.807, 2.05) is 0 Å². The van der Waals surface area contributed by atoms with Crippen LogP contribution in [0.4, 0.5) is 13.2 Å². The van der Waals surface area contributed by atoms with Crippen molar-refractivity contribution in [2.45, 2.75) is 32.2 Å². The number of carbonyl (C=O) groups excluding carboxylic acids is 2. The normalized spacial score (nSPS) is 16.7. The molecule has 1 aromatic carbocycles. The molecule has 11 heteroatoms. The van der Waals surface area contributed by atoms with E-state index in [-0.39, 0.29) is 32.7 Å². The molecule has 3 N–H and O–H groups in total. The van der Waals surface area contributed by atoms with Gasteiger partial charge in [0.25, 0.3) is 5.91 Å². The average Bonchev–Trinajstić information content (AvgIpc) is 3.19. The van der Waals surface area contributed by atoms with Gasteiger partial charge in [-0.25, -0.2) is 0 Å². The van der Waals surface area contributed by atoms with E-state index in [0.29, 0.717) is 28.5 Å². The first-order valence-electron chi connectivity index (χ1n) is 9.35. The minimum Gasteiger partial charge on any atom is -0.484 e. The number of nitrogens with one attached hydrogen (secondary N) is 2. The predicted octanol–water partition coefficient (Wildman–Crippen LogP) is 2.12. The number of hydrogen-bond donors (Lipinski definition) is 3. The quantitative estimate of drug-likeness (QED) is 0.445. The van der Waals surface area contributed by atoms with Crippen LogP contribution >= 0.6 is 0 Å². The van der Waals surface area contributed by atoms with Crippen molar-refractivity contribution in [2.24, 2.45) is 0 Å². The Bertz CT molecular complexity index is 868. The highest BCUT2D eigenvalue weighted by Crippen LogP contribution is 2.29. The number of carbonyl (C=O) groups is 2. The molecule has 0 radical (unpaired) electrons. The number of nitrogens with zero attached hydrogens (tertiary/aromatic N) is 2. The molecule has 0 bridgehead atoms. The van der Waals surface area contributed by atoms with Crippen LogP contribution in [0, 0.1) is 10.8 Å². The maximum absolute atomic E-state index is 13.2. The van der Waals surface area contributed by atoms with E-state index in [4.69, 9.17) is 20.7 Å². The minimum absolute atomic E-state index is 0.0384. The fraction of sp³-hybridized carbons (Fsp3) is 0.400. The summed E-state index contributed by atoms with van der Waals surface area (Å²) in [6.07, 6.45) is -3.87. The lowest BCUT2D eigenvalue weighted by Gasteiger charge is -2.30. The third-order valence-corrected chi connectivity index (χ3v) is 4.74. The molecule has 1 heterocycles. The van der Waals surface area contributed by atoms with Crippen molar-refractivity contribution in [3.05, 3.63) is 41.5 Å². The highest BCUT2D eigenvalue weighted by molar-refractivity contribution is 6.08. The number of ether oxygens (including phenoxy) is 1. The number of halogens is 3. The predicted molar refractivity (Wildman–Crippen MR) is 106 cm³/mol. The van der Waals surface area contributed by atoms with Gasteiger partial charge in [0, 0.05) is 26.2 Å². The molecule has 0 spiro atoms. The number of aliphatic hydroxyl groups excluding tert-OH is 1. The smallest absolute Gasteiger partial charge is 0.420 e. The van der Waals surface area contributed by atoms with Crippen molar-refractivity contribution in [2.75, 3.05) is 19.7 Å². The Hall–Kier alpha value is -3.21. The van der Waals surface area contributed by atoms with E-state index in [2.05, 4.69) is 0 Å². The maximum Gasteiger partial charge on any atom is 0.420 e. The molecule has 0 aliphatic carbocycles. The lowest BCUT2D eigenvalue weighted by Crippen LogP contribution is -2.47. The van der Waals surface area contributed by atoms with Crippen molar-refractivity contribution in [3.63, 3.8) is 0 Å². The first-order valence-corrected chi connectivity index (χ1v) is 9.35. The summed E-state index contributed by atoms with van der Waals surface area (Å²) < 4.78 is 45.1. The van der Waals surface area contributed by atoms with Gasteiger partial charge in [0.1, 0.15) is 11.6 Å². The van der Waals surface area contributed by atoms with Gasteiger partial charge in [-0.15, -0.1) is 0 Å². The van der Waals surface area contributed by atoms with Crippen molar-refractivity contribution >= 4 is 23.9 Å². The van der Waals surface area contributed by atoms with Crippen LogP contribution in [-0.2, 0) is 16.2 Å². The number of alkyl halides is 3. The second kappa shape index (κ2) is 10.2. The first-order chi connectivity index (χ1) is 14.6. The van der Waals surface area contributed by atoms with Crippen LogP contribution in [0.2, 0.25) is 0 Å². The molecular formula is C20H23F3N4O4. The van der Waals surface area contributed by atoms with Gasteiger partial charge in [-0.2, -0.15) is 13.2 Å². The van der Waals surface area contributed by atoms with Gasteiger partial charge < -0.3 is 20.2 Å². The van der Waals surface area contributed by atoms with Gasteiger partial charge in [-0.05, 0) is 30.2 Å². The molecule has 0 aromatic heterocycles. The van der Waals surface area contributed by atoms with Crippen LogP contribution in [0.5, 0.6) is 5.75 Å². The van der Waals surface area contributed by atoms with E-state index < -0.39 is 35.4 Å². The van der Waals surface area contributed by atoms with Crippen LogP contribution in [-0.4, -0.2) is 70.7 Å². The average molecular weight is 440 g/mol. The number of rotatable bonds is 7. The molecule has 1 atom stereocenters. The zero-order valence-electron chi connectivity index (χ0n) is 16.8. The summed E-state index contributed by atoms with van der Waals surface area (Å²) in [7, 11) is 0. The SMILES string of the molecule is CC(=O)N(C(=N)/C(=C\C=N)C(F)(F)F)C1CCN(C(=O)COc2ccc(CO)cc2)C1. The highest BCUT2D eigenvalue weighted by atomic mass is 19.4. The van der Waals surface area contributed by atoms with Gasteiger partial charge in [-0.1, -0.05) is 12.1 Å². The second-order valence-corrected chi connectivity index (χ2v) is 6.86. The molecule has 1 saturated heterocycles. The zero-order valence-corrected chi connectivity index (χ0v) is 16.8. The molecule has 1 fully saturated rings. The molecule has 1 unspecified atom stereocenters. The Morgan fingerprint density at radius 1 is 1.32 bits per heavy atom. The van der Waals surface area contributed by atoms with Gasteiger partial charge in [0.05, 0.1) is 18.2 Å². The summed E-state index contributed by atoms with van der Waals surface area (Å²) in [6, 6.07) is 5.68. The number of amides is 2. The monoisotopic (exact) mass is 440 g/mol. The standard InChI is InChI=1S/C20H23F3N4O4/c1-13(29)27(19(25)17(6-8-24)20(21,22)23)15-7-9-26(10-15)18(30)12-31-16-4-2-14(11-28)3-5-16/h2-6,8,15,24-25,28H,7,9-12H2,1H3/b17-6+,24-8?,25-19?. The Morgan fingerprint density at radius 3 is 2.48 bits per heavy atom. The molecule has 0 saturated carbocycles. The van der Waals surface area contributed by atoms with E-state index in [1.54, 1.807) is 24.3 Å². The van der Waals surface area contributed by atoms with Gasteiger partial charge in [0.15, 0.2) is 6.61 Å². The van der Waals surface area contributed by atoms with E-state index in [9.17, 15) is 22.8 Å². The van der Waals surface area contributed by atoms with E-state index >= 15 is 0 Å². The third kappa shape index (κ3) is 6.14. The summed E-state index contributed by atoms with van der Waals surface area (Å²) in [5.41, 5.74) is -0.722. The van der Waals surface area contributed by atoms with Gasteiger partial charge in [0.2, 0.25) is 5.91 Å². The topological polar surface area (TPSA) is 118 Å². The van der Waals surface area contributed by atoms with Crippen LogP contribution in [0.15, 0.2) is 35.9 Å². The summed E-state index contributed by atoms with van der Waals surface area (Å²) in [5, 5.41) is 23.9. The molecular weight excluding hydrogens is 417 g/mol. The number of benzene rings is 1. The largest absolute Gasteiger partial charge is 0.484 e. The fourth-order valence-electron chi connectivity index (χ4n) is 3.22. The number of amidine groups is 1. The summed E-state index contributed by atoms with van der Waals surface area (Å²) >= 11 is 0. The molecule has 2 amide bonds. The Morgan fingerprint density at radius 2 is 1.97 bits per heavy atom. The number of hydrogen-bond acceptors (Lipinski definition) is 6.